The fourth-order valence-corrected chi connectivity index (χ4v) is 3.63. The summed E-state index contributed by atoms with van der Waals surface area (Å²) in [5.74, 6) is -0.233. The monoisotopic (exact) mass is 412 g/mol. The topological polar surface area (TPSA) is 77.1 Å². The Morgan fingerprint density at radius 1 is 1.13 bits per heavy atom. The van der Waals surface area contributed by atoms with Crippen LogP contribution in [0.15, 0.2) is 55.0 Å². The molecule has 0 radical (unpaired) electrons. The van der Waals surface area contributed by atoms with Crippen LogP contribution in [0.2, 0.25) is 0 Å². The van der Waals surface area contributed by atoms with Crippen LogP contribution in [-0.2, 0) is 12.7 Å². The maximum atomic E-state index is 12.9. The molecule has 30 heavy (non-hydrogen) atoms. The van der Waals surface area contributed by atoms with Gasteiger partial charge in [0, 0.05) is 36.3 Å². The maximum absolute atomic E-state index is 12.9. The van der Waals surface area contributed by atoms with E-state index in [0.717, 1.165) is 23.5 Å². The number of amides is 1. The first-order valence-corrected chi connectivity index (χ1v) is 9.24. The zero-order valence-electron chi connectivity index (χ0n) is 15.5. The lowest BCUT2D eigenvalue weighted by atomic mass is 10.1. The van der Waals surface area contributed by atoms with E-state index in [0.29, 0.717) is 29.8 Å². The Bertz CT molecular complexity index is 1260. The van der Waals surface area contributed by atoms with E-state index in [1.807, 2.05) is 0 Å². The molecule has 0 unspecified atom stereocenters. The number of nitrogens with zero attached hydrogens (tertiary/aromatic N) is 5. The summed E-state index contributed by atoms with van der Waals surface area (Å²) in [6.07, 6.45) is 0.619. The quantitative estimate of drug-likeness (QED) is 0.559. The molecular formula is C20H15F3N6O. The van der Waals surface area contributed by atoms with Crippen molar-refractivity contribution >= 4 is 11.4 Å². The second kappa shape index (κ2) is 6.68. The number of hydrogen-bond acceptors (Lipinski definition) is 4. The normalized spacial score (nSPS) is 16.0. The molecule has 0 saturated carbocycles. The lowest BCUT2D eigenvalue weighted by Crippen LogP contribution is -2.27. The van der Waals surface area contributed by atoms with Crippen molar-refractivity contribution < 1.29 is 18.0 Å². The SMILES string of the molecule is O=C(N[C@@H]1CCn2nc(-c3ccnc(C(F)(F)F)c3)cc21)c1ccn2nccc2c1. The number of halogens is 3. The minimum atomic E-state index is -4.52. The molecule has 1 aliphatic heterocycles. The van der Waals surface area contributed by atoms with E-state index < -0.39 is 11.9 Å². The number of carbonyl (C=O) groups is 1. The van der Waals surface area contributed by atoms with Gasteiger partial charge in [0.1, 0.15) is 5.69 Å². The molecule has 5 heterocycles. The lowest BCUT2D eigenvalue weighted by molar-refractivity contribution is -0.141. The highest BCUT2D eigenvalue weighted by Crippen LogP contribution is 2.33. The maximum Gasteiger partial charge on any atom is 0.433 e. The van der Waals surface area contributed by atoms with Gasteiger partial charge in [0.15, 0.2) is 0 Å². The van der Waals surface area contributed by atoms with Gasteiger partial charge in [-0.15, -0.1) is 0 Å². The smallest absolute Gasteiger partial charge is 0.344 e. The number of aryl methyl sites for hydroxylation is 1. The molecular weight excluding hydrogens is 397 g/mol. The van der Waals surface area contributed by atoms with Gasteiger partial charge in [-0.3, -0.25) is 14.5 Å². The van der Waals surface area contributed by atoms with Crippen LogP contribution in [0.1, 0.15) is 34.2 Å². The van der Waals surface area contributed by atoms with Crippen LogP contribution in [0.3, 0.4) is 0 Å². The summed E-state index contributed by atoms with van der Waals surface area (Å²) in [5.41, 5.74) is 1.85. The van der Waals surface area contributed by atoms with E-state index in [1.165, 1.54) is 6.07 Å². The molecule has 152 valence electrons. The van der Waals surface area contributed by atoms with E-state index in [1.54, 1.807) is 45.9 Å². The molecule has 1 N–H and O–H groups in total. The number of alkyl halides is 3. The number of carbonyl (C=O) groups excluding carboxylic acids is 1. The summed E-state index contributed by atoms with van der Waals surface area (Å²) in [6, 6.07) is 9.14. The van der Waals surface area contributed by atoms with Crippen LogP contribution < -0.4 is 5.32 Å². The first-order chi connectivity index (χ1) is 14.4. The van der Waals surface area contributed by atoms with Crippen LogP contribution in [0.5, 0.6) is 0 Å². The molecule has 5 rings (SSSR count). The largest absolute Gasteiger partial charge is 0.433 e. The molecule has 1 amide bonds. The number of fused-ring (bicyclic) bond motifs is 2. The third-order valence-electron chi connectivity index (χ3n) is 5.11. The molecule has 1 aliphatic rings. The Kier molecular flexibility index (Phi) is 4.09. The van der Waals surface area contributed by atoms with Crippen molar-refractivity contribution in [1.82, 2.24) is 29.7 Å². The summed E-state index contributed by atoms with van der Waals surface area (Å²) in [5, 5.41) is 11.5. The van der Waals surface area contributed by atoms with Crippen LogP contribution in [-0.4, -0.2) is 30.3 Å². The van der Waals surface area contributed by atoms with Crippen molar-refractivity contribution in [2.75, 3.05) is 0 Å². The highest BCUT2D eigenvalue weighted by molar-refractivity contribution is 5.95. The minimum absolute atomic E-state index is 0.233. The average Bonchev–Trinajstić information content (AvgIpc) is 3.43. The predicted octanol–water partition coefficient (Wildman–Crippen LogP) is 3.49. The summed E-state index contributed by atoms with van der Waals surface area (Å²) in [6.45, 7) is 0.569. The van der Waals surface area contributed by atoms with Crippen molar-refractivity contribution in [3.8, 4) is 11.3 Å². The summed E-state index contributed by atoms with van der Waals surface area (Å²) in [4.78, 5) is 16.1. The molecule has 10 heteroatoms. The first kappa shape index (κ1) is 18.3. The molecule has 4 aromatic heterocycles. The zero-order chi connectivity index (χ0) is 20.9. The molecule has 0 bridgehead atoms. The fourth-order valence-electron chi connectivity index (χ4n) is 3.63. The Labute approximate surface area is 168 Å². The van der Waals surface area contributed by atoms with Crippen molar-refractivity contribution in [3.63, 3.8) is 0 Å². The van der Waals surface area contributed by atoms with Gasteiger partial charge in [-0.25, -0.2) is 4.52 Å². The number of nitrogens with one attached hydrogen (secondary N) is 1. The van der Waals surface area contributed by atoms with Crippen LogP contribution in [0.25, 0.3) is 16.8 Å². The Morgan fingerprint density at radius 2 is 2.00 bits per heavy atom. The molecule has 0 fully saturated rings. The van der Waals surface area contributed by atoms with Crippen molar-refractivity contribution in [2.24, 2.45) is 0 Å². The Morgan fingerprint density at radius 3 is 2.83 bits per heavy atom. The highest BCUT2D eigenvalue weighted by atomic mass is 19.4. The zero-order valence-corrected chi connectivity index (χ0v) is 15.5. The molecule has 0 saturated heterocycles. The molecule has 1 atom stereocenters. The Balaban J connectivity index is 1.38. The number of aromatic nitrogens is 5. The van der Waals surface area contributed by atoms with E-state index in [9.17, 15) is 18.0 Å². The van der Waals surface area contributed by atoms with Crippen molar-refractivity contribution in [3.05, 3.63) is 71.9 Å². The number of pyridine rings is 2. The van der Waals surface area contributed by atoms with Crippen LogP contribution in [0.4, 0.5) is 13.2 Å². The molecule has 7 nitrogen and oxygen atoms in total. The average molecular weight is 412 g/mol. The van der Waals surface area contributed by atoms with Gasteiger partial charge < -0.3 is 5.32 Å². The second-order valence-electron chi connectivity index (χ2n) is 7.04. The van der Waals surface area contributed by atoms with Gasteiger partial charge in [0.2, 0.25) is 0 Å². The van der Waals surface area contributed by atoms with Crippen LogP contribution >= 0.6 is 0 Å². The van der Waals surface area contributed by atoms with Crippen LogP contribution in [0, 0.1) is 0 Å². The van der Waals surface area contributed by atoms with E-state index in [-0.39, 0.29) is 11.9 Å². The number of rotatable bonds is 3. The van der Waals surface area contributed by atoms with Crippen molar-refractivity contribution in [1.29, 1.82) is 0 Å². The van der Waals surface area contributed by atoms with Crippen molar-refractivity contribution in [2.45, 2.75) is 25.2 Å². The Hall–Kier alpha value is -3.69. The molecule has 0 aliphatic carbocycles. The van der Waals surface area contributed by atoms with E-state index in [4.69, 9.17) is 0 Å². The number of hydrogen-bond donors (Lipinski definition) is 1. The lowest BCUT2D eigenvalue weighted by Gasteiger charge is -2.12. The van der Waals surface area contributed by atoms with E-state index in [2.05, 4.69) is 20.5 Å². The third kappa shape index (κ3) is 3.19. The first-order valence-electron chi connectivity index (χ1n) is 9.24. The predicted molar refractivity (Wildman–Crippen MR) is 100 cm³/mol. The molecule has 0 spiro atoms. The molecule has 4 aromatic rings. The summed E-state index contributed by atoms with van der Waals surface area (Å²) >= 11 is 0. The van der Waals surface area contributed by atoms with Gasteiger partial charge in [0.25, 0.3) is 5.91 Å². The highest BCUT2D eigenvalue weighted by Gasteiger charge is 2.33. The second-order valence-corrected chi connectivity index (χ2v) is 7.04. The molecule has 0 aromatic carbocycles. The minimum Gasteiger partial charge on any atom is -0.344 e. The van der Waals surface area contributed by atoms with Gasteiger partial charge in [-0.1, -0.05) is 0 Å². The summed E-state index contributed by atoms with van der Waals surface area (Å²) < 4.78 is 42.2. The van der Waals surface area contributed by atoms with Gasteiger partial charge in [-0.2, -0.15) is 23.4 Å². The standard InChI is InChI=1S/C20H15F3N6O/c21-20(22,23)18-10-12(1-5-24-18)16-11-17-15(4-8-29(17)27-16)26-19(30)13-3-7-28-14(9-13)2-6-25-28/h1-3,5-7,9-11,15H,4,8H2,(H,26,30)/t15-/m1/s1. The summed E-state index contributed by atoms with van der Waals surface area (Å²) in [7, 11) is 0. The third-order valence-corrected chi connectivity index (χ3v) is 5.11. The fraction of sp³-hybridized carbons (Fsp3) is 0.200. The van der Waals surface area contributed by atoms with Gasteiger partial charge in [-0.05, 0) is 42.8 Å². The van der Waals surface area contributed by atoms with Gasteiger partial charge in [0.05, 0.1) is 22.9 Å². The van der Waals surface area contributed by atoms with E-state index >= 15 is 0 Å². The van der Waals surface area contributed by atoms with Gasteiger partial charge >= 0.3 is 6.18 Å².